The molecule has 3 N–H and O–H groups in total. The molecule has 242 valence electrons. The van der Waals surface area contributed by atoms with Gasteiger partial charge in [0.1, 0.15) is 5.75 Å². The number of carbonyl (C=O) groups excluding carboxylic acids is 1. The Morgan fingerprint density at radius 2 is 1.74 bits per heavy atom. The summed E-state index contributed by atoms with van der Waals surface area (Å²) < 4.78 is 7.20. The Morgan fingerprint density at radius 1 is 1.00 bits per heavy atom. The van der Waals surface area contributed by atoms with Gasteiger partial charge in [-0.3, -0.25) is 4.79 Å². The summed E-state index contributed by atoms with van der Waals surface area (Å²) in [4.78, 5) is 31.1. The molecule has 6 rings (SSSR count). The molecular weight excluding hydrogens is 592 g/mol. The summed E-state index contributed by atoms with van der Waals surface area (Å²) >= 11 is 0. The molecule has 3 aromatic carbocycles. The molecule has 47 heavy (non-hydrogen) atoms. The summed E-state index contributed by atoms with van der Waals surface area (Å²) in [5, 5.41) is 22.0. The molecule has 0 aliphatic carbocycles. The van der Waals surface area contributed by atoms with E-state index in [9.17, 15) is 14.7 Å². The maximum atomic E-state index is 13.3. The van der Waals surface area contributed by atoms with Crippen molar-refractivity contribution in [1.29, 1.82) is 0 Å². The van der Waals surface area contributed by atoms with E-state index in [4.69, 9.17) is 14.8 Å². The van der Waals surface area contributed by atoms with Gasteiger partial charge < -0.3 is 25.4 Å². The predicted octanol–water partition coefficient (Wildman–Crippen LogP) is 7.18. The molecule has 0 spiro atoms. The highest BCUT2D eigenvalue weighted by Crippen LogP contribution is 2.37. The summed E-state index contributed by atoms with van der Waals surface area (Å²) in [7, 11) is 1.64. The molecule has 10 heteroatoms. The normalized spacial score (nSPS) is 14.7. The SMILES string of the molecule is COc1ccc(Cn2nc(NC3CCN(C(=O)O)C3)c3c(-c4cccc(NC(=O)c5ccc(C(C)(C)C)cc5)c4C)ccnc32)cc1. The highest BCUT2D eigenvalue weighted by molar-refractivity contribution is 6.06. The van der Waals surface area contributed by atoms with Crippen LogP contribution in [0.2, 0.25) is 0 Å². The number of hydrogen-bond donors (Lipinski definition) is 3. The van der Waals surface area contributed by atoms with Gasteiger partial charge in [-0.25, -0.2) is 14.5 Å². The Labute approximate surface area is 274 Å². The van der Waals surface area contributed by atoms with E-state index in [2.05, 4.69) is 31.4 Å². The van der Waals surface area contributed by atoms with Crippen LogP contribution in [0.25, 0.3) is 22.2 Å². The number of aromatic nitrogens is 3. The second kappa shape index (κ2) is 12.8. The van der Waals surface area contributed by atoms with Gasteiger partial charge in [0.15, 0.2) is 11.5 Å². The van der Waals surface area contributed by atoms with E-state index in [0.717, 1.165) is 33.4 Å². The van der Waals surface area contributed by atoms with E-state index in [0.29, 0.717) is 48.8 Å². The average Bonchev–Trinajstić information content (AvgIpc) is 3.67. The van der Waals surface area contributed by atoms with Crippen LogP contribution < -0.4 is 15.4 Å². The molecule has 1 unspecified atom stereocenters. The first-order chi connectivity index (χ1) is 22.5. The third kappa shape index (κ3) is 6.63. The standard InChI is InChI=1S/C37H40N6O4/c1-23-29(7-6-8-31(23)40-35(44)25-11-13-26(14-12-25)37(2,3)4)30-17-19-38-34-32(30)33(39-27-18-20-42(22-27)36(45)46)41-43(34)21-24-9-15-28(47-5)16-10-24/h6-17,19,27H,18,20-22H2,1-5H3,(H,39,41)(H,40,44)(H,45,46). The number of ether oxygens (including phenoxy) is 1. The summed E-state index contributed by atoms with van der Waals surface area (Å²) in [6, 6.07) is 23.3. The first-order valence-corrected chi connectivity index (χ1v) is 15.8. The molecule has 1 fully saturated rings. The molecule has 10 nitrogen and oxygen atoms in total. The van der Waals surface area contributed by atoms with Crippen molar-refractivity contribution in [2.24, 2.45) is 0 Å². The molecular formula is C37H40N6O4. The zero-order valence-corrected chi connectivity index (χ0v) is 27.4. The fraction of sp³-hybridized carbons (Fsp3) is 0.297. The lowest BCUT2D eigenvalue weighted by molar-refractivity contribution is 0.102. The monoisotopic (exact) mass is 632 g/mol. The lowest BCUT2D eigenvalue weighted by Gasteiger charge is -2.19. The van der Waals surface area contributed by atoms with Gasteiger partial charge in [-0.1, -0.05) is 57.2 Å². The third-order valence-corrected chi connectivity index (χ3v) is 8.81. The van der Waals surface area contributed by atoms with Crippen LogP contribution >= 0.6 is 0 Å². The number of hydrogen-bond acceptors (Lipinski definition) is 6. The Kier molecular flexibility index (Phi) is 8.60. The number of pyridine rings is 1. The highest BCUT2D eigenvalue weighted by atomic mass is 16.5. The maximum Gasteiger partial charge on any atom is 0.407 e. The van der Waals surface area contributed by atoms with Crippen LogP contribution in [-0.4, -0.2) is 63.0 Å². The van der Waals surface area contributed by atoms with Gasteiger partial charge in [-0.05, 0) is 83.0 Å². The molecule has 1 aliphatic rings. The number of amides is 2. The number of benzene rings is 3. The van der Waals surface area contributed by atoms with Crippen molar-refractivity contribution in [1.82, 2.24) is 19.7 Å². The molecule has 3 heterocycles. The van der Waals surface area contributed by atoms with Gasteiger partial charge in [0, 0.05) is 36.6 Å². The molecule has 0 radical (unpaired) electrons. The number of nitrogens with zero attached hydrogens (tertiary/aromatic N) is 4. The summed E-state index contributed by atoms with van der Waals surface area (Å²) in [6.07, 6.45) is 1.52. The van der Waals surface area contributed by atoms with Crippen molar-refractivity contribution in [2.45, 2.75) is 52.1 Å². The fourth-order valence-corrected chi connectivity index (χ4v) is 6.06. The van der Waals surface area contributed by atoms with Crippen LogP contribution in [0.15, 0.2) is 79.0 Å². The molecule has 0 bridgehead atoms. The van der Waals surface area contributed by atoms with Crippen molar-refractivity contribution in [3.8, 4) is 16.9 Å². The van der Waals surface area contributed by atoms with E-state index in [-0.39, 0.29) is 17.4 Å². The number of carboxylic acid groups (broad SMARTS) is 1. The predicted molar refractivity (Wildman–Crippen MR) is 185 cm³/mol. The second-order valence-corrected chi connectivity index (χ2v) is 13.0. The van der Waals surface area contributed by atoms with Gasteiger partial charge >= 0.3 is 6.09 Å². The quantitative estimate of drug-likeness (QED) is 0.166. The number of likely N-dealkylation sites (tertiary alicyclic amines) is 1. The number of carbonyl (C=O) groups is 2. The molecule has 2 aromatic heterocycles. The number of fused-ring (bicyclic) bond motifs is 1. The number of anilines is 2. The topological polar surface area (TPSA) is 122 Å². The van der Waals surface area contributed by atoms with Gasteiger partial charge in [0.05, 0.1) is 19.0 Å². The minimum atomic E-state index is -0.925. The van der Waals surface area contributed by atoms with Crippen LogP contribution in [0.5, 0.6) is 5.75 Å². The molecule has 1 saturated heterocycles. The smallest absolute Gasteiger partial charge is 0.407 e. The van der Waals surface area contributed by atoms with E-state index in [1.807, 2.05) is 84.4 Å². The van der Waals surface area contributed by atoms with Gasteiger partial charge in [-0.15, -0.1) is 0 Å². The van der Waals surface area contributed by atoms with Crippen LogP contribution in [0.1, 0.15) is 54.2 Å². The van der Waals surface area contributed by atoms with Crippen LogP contribution in [-0.2, 0) is 12.0 Å². The minimum absolute atomic E-state index is 0.000630. The lowest BCUT2D eigenvalue weighted by Crippen LogP contribution is -2.30. The molecule has 2 amide bonds. The van der Waals surface area contributed by atoms with Gasteiger partial charge in [0.2, 0.25) is 0 Å². The van der Waals surface area contributed by atoms with Crippen molar-refractivity contribution in [2.75, 3.05) is 30.8 Å². The Balaban J connectivity index is 1.37. The van der Waals surface area contributed by atoms with Crippen LogP contribution in [0, 0.1) is 6.92 Å². The Morgan fingerprint density at radius 3 is 2.40 bits per heavy atom. The average molecular weight is 633 g/mol. The third-order valence-electron chi connectivity index (χ3n) is 8.81. The summed E-state index contributed by atoms with van der Waals surface area (Å²) in [5.74, 6) is 1.24. The zero-order chi connectivity index (χ0) is 33.3. The molecule has 5 aromatic rings. The lowest BCUT2D eigenvalue weighted by atomic mass is 9.86. The van der Waals surface area contributed by atoms with Gasteiger partial charge in [-0.2, -0.15) is 5.10 Å². The van der Waals surface area contributed by atoms with E-state index in [1.54, 1.807) is 13.3 Å². The molecule has 1 atom stereocenters. The minimum Gasteiger partial charge on any atom is -0.497 e. The van der Waals surface area contributed by atoms with Crippen LogP contribution in [0.4, 0.5) is 16.3 Å². The first kappa shape index (κ1) is 31.6. The second-order valence-electron chi connectivity index (χ2n) is 13.0. The van der Waals surface area contributed by atoms with Crippen molar-refractivity contribution >= 4 is 34.5 Å². The fourth-order valence-electron chi connectivity index (χ4n) is 6.06. The number of methoxy groups -OCH3 is 1. The Hall–Kier alpha value is -5.38. The number of nitrogens with one attached hydrogen (secondary N) is 2. The van der Waals surface area contributed by atoms with E-state index in [1.165, 1.54) is 10.5 Å². The highest BCUT2D eigenvalue weighted by Gasteiger charge is 2.28. The van der Waals surface area contributed by atoms with Crippen molar-refractivity contribution in [3.05, 3.63) is 101 Å². The van der Waals surface area contributed by atoms with Crippen molar-refractivity contribution < 1.29 is 19.4 Å². The van der Waals surface area contributed by atoms with E-state index >= 15 is 0 Å². The summed E-state index contributed by atoms with van der Waals surface area (Å²) in [6.45, 7) is 9.75. The zero-order valence-electron chi connectivity index (χ0n) is 27.4. The molecule has 0 saturated carbocycles. The first-order valence-electron chi connectivity index (χ1n) is 15.8. The largest absolute Gasteiger partial charge is 0.497 e. The maximum absolute atomic E-state index is 13.3. The van der Waals surface area contributed by atoms with E-state index < -0.39 is 6.09 Å². The molecule has 1 aliphatic heterocycles. The number of rotatable bonds is 8. The van der Waals surface area contributed by atoms with Crippen molar-refractivity contribution in [3.63, 3.8) is 0 Å². The van der Waals surface area contributed by atoms with Crippen LogP contribution in [0.3, 0.4) is 0 Å². The summed E-state index contributed by atoms with van der Waals surface area (Å²) in [5.41, 5.74) is 6.95. The van der Waals surface area contributed by atoms with Gasteiger partial charge in [0.25, 0.3) is 5.91 Å². The Bertz CT molecular complexity index is 1930.